The molecule has 0 heterocycles. The Morgan fingerprint density at radius 1 is 1.40 bits per heavy atom. The lowest BCUT2D eigenvalue weighted by molar-refractivity contribution is 0.0600. The van der Waals surface area contributed by atoms with Crippen LogP contribution in [0.2, 0.25) is 0 Å². The minimum Gasteiger partial charge on any atom is -0.465 e. The summed E-state index contributed by atoms with van der Waals surface area (Å²) >= 11 is 0. The largest absolute Gasteiger partial charge is 0.465 e. The minimum absolute atomic E-state index is 0.0412. The molecule has 2 rings (SSSR count). The zero-order chi connectivity index (χ0) is 14.8. The van der Waals surface area contributed by atoms with Crippen LogP contribution >= 0.6 is 0 Å². The number of esters is 1. The third kappa shape index (κ3) is 3.17. The van der Waals surface area contributed by atoms with Crippen molar-refractivity contribution >= 4 is 16.0 Å². The van der Waals surface area contributed by atoms with E-state index in [9.17, 15) is 13.2 Å². The van der Waals surface area contributed by atoms with Gasteiger partial charge in [-0.1, -0.05) is 12.5 Å². The minimum atomic E-state index is -3.68. The van der Waals surface area contributed by atoms with E-state index in [-0.39, 0.29) is 22.5 Å². The summed E-state index contributed by atoms with van der Waals surface area (Å²) in [6.07, 6.45) is 2.46. The number of hydrogen-bond acceptors (Lipinski definition) is 5. The summed E-state index contributed by atoms with van der Waals surface area (Å²) in [5.74, 6) is -0.570. The van der Waals surface area contributed by atoms with Gasteiger partial charge < -0.3 is 10.5 Å². The van der Waals surface area contributed by atoms with Crippen LogP contribution in [-0.2, 0) is 14.8 Å². The van der Waals surface area contributed by atoms with Gasteiger partial charge in [0.15, 0.2) is 0 Å². The Hall–Kier alpha value is -1.44. The molecule has 0 radical (unpaired) electrons. The lowest BCUT2D eigenvalue weighted by atomic mass is 10.2. The average Bonchev–Trinajstić information content (AvgIpc) is 2.83. The Morgan fingerprint density at radius 2 is 2.15 bits per heavy atom. The molecule has 3 N–H and O–H groups in total. The smallest absolute Gasteiger partial charge is 0.337 e. The third-order valence-electron chi connectivity index (χ3n) is 3.44. The average molecular weight is 298 g/mol. The van der Waals surface area contributed by atoms with Crippen molar-refractivity contribution in [2.75, 3.05) is 7.11 Å². The van der Waals surface area contributed by atoms with Crippen molar-refractivity contribution in [3.63, 3.8) is 0 Å². The Balaban J connectivity index is 2.23. The number of hydrogen-bond donors (Lipinski definition) is 2. The molecule has 1 aliphatic carbocycles. The lowest BCUT2D eigenvalue weighted by Gasteiger charge is -2.17. The molecular formula is C13H18N2O4S. The maximum absolute atomic E-state index is 12.3. The molecule has 2 atom stereocenters. The quantitative estimate of drug-likeness (QED) is 0.794. The number of carbonyl (C=O) groups is 1. The highest BCUT2D eigenvalue weighted by Crippen LogP contribution is 2.20. The van der Waals surface area contributed by atoms with E-state index in [1.54, 1.807) is 0 Å². The van der Waals surface area contributed by atoms with Crippen LogP contribution < -0.4 is 10.5 Å². The van der Waals surface area contributed by atoms with Gasteiger partial charge in [0.05, 0.1) is 17.6 Å². The van der Waals surface area contributed by atoms with Crippen LogP contribution in [0.3, 0.4) is 0 Å². The van der Waals surface area contributed by atoms with Gasteiger partial charge in [-0.05, 0) is 31.0 Å². The summed E-state index contributed by atoms with van der Waals surface area (Å²) in [5.41, 5.74) is 6.06. The predicted molar refractivity (Wildman–Crippen MR) is 73.7 cm³/mol. The van der Waals surface area contributed by atoms with Gasteiger partial charge in [0.1, 0.15) is 0 Å². The highest BCUT2D eigenvalue weighted by molar-refractivity contribution is 7.89. The van der Waals surface area contributed by atoms with Crippen LogP contribution in [-0.4, -0.2) is 33.6 Å². The monoisotopic (exact) mass is 298 g/mol. The zero-order valence-corrected chi connectivity index (χ0v) is 12.0. The van der Waals surface area contributed by atoms with Crippen molar-refractivity contribution < 1.29 is 17.9 Å². The molecule has 0 spiro atoms. The highest BCUT2D eigenvalue weighted by atomic mass is 32.2. The first-order valence-corrected chi connectivity index (χ1v) is 7.88. The van der Waals surface area contributed by atoms with Gasteiger partial charge >= 0.3 is 5.97 Å². The van der Waals surface area contributed by atoms with Crippen LogP contribution in [0.15, 0.2) is 29.2 Å². The van der Waals surface area contributed by atoms with Crippen molar-refractivity contribution in [3.05, 3.63) is 29.8 Å². The molecule has 0 aliphatic heterocycles. The highest BCUT2D eigenvalue weighted by Gasteiger charge is 2.29. The van der Waals surface area contributed by atoms with Crippen LogP contribution in [0, 0.1) is 0 Å². The summed E-state index contributed by atoms with van der Waals surface area (Å²) in [4.78, 5) is 11.5. The first-order chi connectivity index (χ1) is 9.44. The molecule has 1 aromatic carbocycles. The van der Waals surface area contributed by atoms with Gasteiger partial charge in [-0.25, -0.2) is 17.9 Å². The molecule has 7 heteroatoms. The number of carbonyl (C=O) groups excluding carboxylic acids is 1. The van der Waals surface area contributed by atoms with Gasteiger partial charge in [0.25, 0.3) is 0 Å². The molecule has 0 bridgehead atoms. The fourth-order valence-corrected chi connectivity index (χ4v) is 3.68. The molecule has 1 fully saturated rings. The second kappa shape index (κ2) is 5.90. The van der Waals surface area contributed by atoms with Gasteiger partial charge in [0, 0.05) is 12.1 Å². The maximum atomic E-state index is 12.3. The number of benzene rings is 1. The van der Waals surface area contributed by atoms with E-state index in [0.29, 0.717) is 0 Å². The molecule has 0 saturated heterocycles. The van der Waals surface area contributed by atoms with E-state index in [2.05, 4.69) is 9.46 Å². The van der Waals surface area contributed by atoms with E-state index < -0.39 is 16.0 Å². The first-order valence-electron chi connectivity index (χ1n) is 6.40. The number of ether oxygens (including phenoxy) is 1. The van der Waals surface area contributed by atoms with E-state index >= 15 is 0 Å². The summed E-state index contributed by atoms with van der Waals surface area (Å²) in [5, 5.41) is 0. The number of nitrogens with two attached hydrogens (primary N) is 1. The first kappa shape index (κ1) is 15.0. The Labute approximate surface area is 118 Å². The van der Waals surface area contributed by atoms with Crippen molar-refractivity contribution in [1.29, 1.82) is 0 Å². The fourth-order valence-electron chi connectivity index (χ4n) is 2.31. The van der Waals surface area contributed by atoms with E-state index in [1.165, 1.54) is 31.4 Å². The third-order valence-corrected chi connectivity index (χ3v) is 4.93. The maximum Gasteiger partial charge on any atom is 0.337 e. The second-order valence-electron chi connectivity index (χ2n) is 4.84. The number of nitrogens with one attached hydrogen (secondary N) is 1. The van der Waals surface area contributed by atoms with Crippen LogP contribution in [0.1, 0.15) is 29.6 Å². The van der Waals surface area contributed by atoms with Gasteiger partial charge in [-0.3, -0.25) is 0 Å². The SMILES string of the molecule is COC(=O)c1cccc(S(=O)(=O)NC2CCCC2N)c1. The van der Waals surface area contributed by atoms with Crippen molar-refractivity contribution in [2.24, 2.45) is 5.73 Å². The normalized spacial score (nSPS) is 22.7. The van der Waals surface area contributed by atoms with Crippen molar-refractivity contribution in [2.45, 2.75) is 36.2 Å². The summed E-state index contributed by atoms with van der Waals surface area (Å²) in [7, 11) is -2.43. The van der Waals surface area contributed by atoms with Crippen molar-refractivity contribution in [3.8, 4) is 0 Å². The topological polar surface area (TPSA) is 98.5 Å². The van der Waals surface area contributed by atoms with Crippen LogP contribution in [0.4, 0.5) is 0 Å². The molecule has 1 aromatic rings. The molecule has 0 aromatic heterocycles. The summed E-state index contributed by atoms with van der Waals surface area (Å²) in [6, 6.07) is 5.35. The molecule has 2 unspecified atom stereocenters. The fraction of sp³-hybridized carbons (Fsp3) is 0.462. The van der Waals surface area contributed by atoms with Crippen LogP contribution in [0.5, 0.6) is 0 Å². The zero-order valence-electron chi connectivity index (χ0n) is 11.2. The Kier molecular flexibility index (Phi) is 4.42. The number of methoxy groups -OCH3 is 1. The molecule has 20 heavy (non-hydrogen) atoms. The van der Waals surface area contributed by atoms with Crippen LogP contribution in [0.25, 0.3) is 0 Å². The lowest BCUT2D eigenvalue weighted by Crippen LogP contribution is -2.43. The predicted octanol–water partition coefficient (Wildman–Crippen LogP) is 0.631. The second-order valence-corrected chi connectivity index (χ2v) is 6.56. The molecule has 0 amide bonds. The number of sulfonamides is 1. The van der Waals surface area contributed by atoms with E-state index in [1.807, 2.05) is 0 Å². The summed E-state index contributed by atoms with van der Waals surface area (Å²) < 4.78 is 31.7. The molecule has 110 valence electrons. The van der Waals surface area contributed by atoms with Gasteiger partial charge in [-0.15, -0.1) is 0 Å². The van der Waals surface area contributed by atoms with E-state index in [0.717, 1.165) is 19.3 Å². The molecule has 6 nitrogen and oxygen atoms in total. The summed E-state index contributed by atoms with van der Waals surface area (Å²) in [6.45, 7) is 0. The Morgan fingerprint density at radius 3 is 2.75 bits per heavy atom. The van der Waals surface area contributed by atoms with E-state index in [4.69, 9.17) is 5.73 Å². The molecule has 1 aliphatic rings. The molecule has 1 saturated carbocycles. The van der Waals surface area contributed by atoms with Gasteiger partial charge in [-0.2, -0.15) is 0 Å². The Bertz CT molecular complexity index is 600. The van der Waals surface area contributed by atoms with Crippen molar-refractivity contribution in [1.82, 2.24) is 4.72 Å². The van der Waals surface area contributed by atoms with Gasteiger partial charge in [0.2, 0.25) is 10.0 Å². The number of rotatable bonds is 4. The molecular weight excluding hydrogens is 280 g/mol. The standard InChI is InChI=1S/C13H18N2O4S/c1-19-13(16)9-4-2-5-10(8-9)20(17,18)15-12-7-3-6-11(12)14/h2,4-5,8,11-12,15H,3,6-7,14H2,1H3.